The van der Waals surface area contributed by atoms with Gasteiger partial charge in [0.2, 0.25) is 0 Å². The molecule has 2 aromatic rings. The van der Waals surface area contributed by atoms with Gasteiger partial charge in [0.25, 0.3) is 0 Å². The van der Waals surface area contributed by atoms with Crippen LogP contribution < -0.4 is 5.32 Å². The van der Waals surface area contributed by atoms with Gasteiger partial charge in [-0.3, -0.25) is 0 Å². The van der Waals surface area contributed by atoms with Gasteiger partial charge in [0.15, 0.2) is 0 Å². The number of hydrogen-bond donors (Lipinski definition) is 2. The summed E-state index contributed by atoms with van der Waals surface area (Å²) in [5, 5.41) is 13.4. The molecule has 2 aromatic carbocycles. The van der Waals surface area contributed by atoms with Gasteiger partial charge in [-0.15, -0.1) is 0 Å². The second kappa shape index (κ2) is 6.12. The molecule has 0 aromatic heterocycles. The fourth-order valence-corrected chi connectivity index (χ4v) is 6.11. The number of anilines is 1. The fourth-order valence-electron chi connectivity index (χ4n) is 6.11. The highest BCUT2D eigenvalue weighted by Crippen LogP contribution is 2.64. The molecule has 1 heterocycles. The Kier molecular flexibility index (Phi) is 3.82. The van der Waals surface area contributed by atoms with Gasteiger partial charge in [0, 0.05) is 0 Å². The van der Waals surface area contributed by atoms with Gasteiger partial charge in [-0.1, -0.05) is 50.2 Å². The van der Waals surface area contributed by atoms with Crippen LogP contribution in [0.2, 0.25) is 0 Å². The van der Waals surface area contributed by atoms with Gasteiger partial charge in [0.05, 0.1) is 17.3 Å². The number of fused-ring (bicyclic) bond motifs is 7. The molecular weight excluding hydrogens is 334 g/mol. The predicted molar refractivity (Wildman–Crippen MR) is 107 cm³/mol. The molecule has 2 bridgehead atoms. The van der Waals surface area contributed by atoms with Crippen molar-refractivity contribution in [1.29, 1.82) is 0 Å². The Bertz CT molecular complexity index is 886. The van der Waals surface area contributed by atoms with Crippen molar-refractivity contribution in [1.82, 2.24) is 0 Å². The lowest BCUT2D eigenvalue weighted by Crippen LogP contribution is -2.36. The van der Waals surface area contributed by atoms with E-state index in [1.54, 1.807) is 6.07 Å². The molecule has 2 saturated carbocycles. The highest BCUT2D eigenvalue weighted by molar-refractivity contribution is 5.95. The third kappa shape index (κ3) is 2.51. The van der Waals surface area contributed by atoms with E-state index >= 15 is 0 Å². The van der Waals surface area contributed by atoms with Crippen molar-refractivity contribution in [3.05, 3.63) is 64.7 Å². The normalized spacial score (nSPS) is 30.7. The van der Waals surface area contributed by atoms with Crippen molar-refractivity contribution in [2.24, 2.45) is 17.8 Å². The summed E-state index contributed by atoms with van der Waals surface area (Å²) in [6.07, 6.45) is 3.91. The van der Waals surface area contributed by atoms with E-state index in [1.165, 1.54) is 36.0 Å². The SMILES string of the molecule is CC(C)c1ccc([C@H]2Nc3c(C(=O)O)cccc3[C@H]3[C@@H]4CC[C@@H](C4)[C@@H]32)cc1. The van der Waals surface area contributed by atoms with E-state index in [0.717, 1.165) is 11.6 Å². The molecule has 0 radical (unpaired) electrons. The summed E-state index contributed by atoms with van der Waals surface area (Å²) in [6.45, 7) is 4.43. The van der Waals surface area contributed by atoms with Crippen molar-refractivity contribution in [3.8, 4) is 0 Å². The van der Waals surface area contributed by atoms with Crippen LogP contribution in [0.5, 0.6) is 0 Å². The summed E-state index contributed by atoms with van der Waals surface area (Å²) in [7, 11) is 0. The Labute approximate surface area is 160 Å². The van der Waals surface area contributed by atoms with E-state index in [9.17, 15) is 9.90 Å². The fraction of sp³-hybridized carbons (Fsp3) is 0.458. The zero-order valence-electron chi connectivity index (χ0n) is 16.0. The average Bonchev–Trinajstić information content (AvgIpc) is 3.29. The molecule has 3 nitrogen and oxygen atoms in total. The quantitative estimate of drug-likeness (QED) is 0.726. The van der Waals surface area contributed by atoms with Crippen LogP contribution in [0.25, 0.3) is 0 Å². The standard InChI is InChI=1S/C24H27NO2/c1-13(2)14-6-8-15(9-7-14)22-21-17-11-10-16(12-17)20(21)18-4-3-5-19(24(26)27)23(18)25-22/h3-9,13,16-17,20-22,25H,10-12H2,1-2H3,(H,26,27)/t16-,17+,20-,21+,22-/m1/s1. The molecule has 3 aliphatic rings. The molecule has 0 unspecified atom stereocenters. The van der Waals surface area contributed by atoms with Crippen molar-refractivity contribution < 1.29 is 9.90 Å². The van der Waals surface area contributed by atoms with E-state index in [-0.39, 0.29) is 6.04 Å². The maximum atomic E-state index is 11.8. The molecule has 2 aliphatic carbocycles. The summed E-state index contributed by atoms with van der Waals surface area (Å²) < 4.78 is 0. The second-order valence-electron chi connectivity index (χ2n) is 8.95. The van der Waals surface area contributed by atoms with Crippen LogP contribution in [-0.2, 0) is 0 Å². The Morgan fingerprint density at radius 1 is 1.07 bits per heavy atom. The lowest BCUT2D eigenvalue weighted by atomic mass is 9.67. The number of carboxylic acids is 1. The summed E-state index contributed by atoms with van der Waals surface area (Å²) >= 11 is 0. The highest BCUT2D eigenvalue weighted by atomic mass is 16.4. The number of hydrogen-bond acceptors (Lipinski definition) is 2. The summed E-state index contributed by atoms with van der Waals surface area (Å²) in [4.78, 5) is 11.8. The molecule has 2 N–H and O–H groups in total. The third-order valence-electron chi connectivity index (χ3n) is 7.31. The molecular formula is C24H27NO2. The minimum atomic E-state index is -0.838. The zero-order valence-corrected chi connectivity index (χ0v) is 16.0. The van der Waals surface area contributed by atoms with Crippen LogP contribution in [0.4, 0.5) is 5.69 Å². The van der Waals surface area contributed by atoms with Crippen LogP contribution in [-0.4, -0.2) is 11.1 Å². The number of benzene rings is 2. The molecule has 1 aliphatic heterocycles. The predicted octanol–water partition coefficient (Wildman–Crippen LogP) is 5.80. The maximum absolute atomic E-state index is 11.8. The van der Waals surface area contributed by atoms with Crippen molar-refractivity contribution in [3.63, 3.8) is 0 Å². The van der Waals surface area contributed by atoms with Crippen LogP contribution in [0.1, 0.15) is 78.0 Å². The third-order valence-corrected chi connectivity index (χ3v) is 7.31. The molecule has 140 valence electrons. The minimum Gasteiger partial charge on any atom is -0.478 e. The first-order valence-electron chi connectivity index (χ1n) is 10.3. The van der Waals surface area contributed by atoms with Gasteiger partial charge < -0.3 is 10.4 Å². The molecule has 0 saturated heterocycles. The van der Waals surface area contributed by atoms with E-state index in [1.807, 2.05) is 6.07 Å². The number of aromatic carboxylic acids is 1. The second-order valence-corrected chi connectivity index (χ2v) is 8.95. The summed E-state index contributed by atoms with van der Waals surface area (Å²) in [5.41, 5.74) is 5.16. The molecule has 5 atom stereocenters. The molecule has 3 heteroatoms. The Balaban J connectivity index is 1.62. The average molecular weight is 361 g/mol. The summed E-state index contributed by atoms with van der Waals surface area (Å²) in [5.74, 6) is 2.22. The monoisotopic (exact) mass is 361 g/mol. The van der Waals surface area contributed by atoms with Gasteiger partial charge >= 0.3 is 5.97 Å². The number of carboxylic acid groups (broad SMARTS) is 1. The van der Waals surface area contributed by atoms with Crippen LogP contribution >= 0.6 is 0 Å². The zero-order chi connectivity index (χ0) is 18.7. The number of rotatable bonds is 3. The van der Waals surface area contributed by atoms with Gasteiger partial charge in [0.1, 0.15) is 0 Å². The van der Waals surface area contributed by atoms with Crippen molar-refractivity contribution in [2.45, 2.75) is 51.0 Å². The van der Waals surface area contributed by atoms with E-state index in [4.69, 9.17) is 0 Å². The van der Waals surface area contributed by atoms with Crippen LogP contribution in [0.3, 0.4) is 0 Å². The first-order valence-corrected chi connectivity index (χ1v) is 10.3. The van der Waals surface area contributed by atoms with E-state index < -0.39 is 5.97 Å². The minimum absolute atomic E-state index is 0.208. The topological polar surface area (TPSA) is 49.3 Å². The van der Waals surface area contributed by atoms with Gasteiger partial charge in [-0.05, 0) is 71.6 Å². The number of carbonyl (C=O) groups is 1. The first-order chi connectivity index (χ1) is 13.0. The van der Waals surface area contributed by atoms with E-state index in [2.05, 4.69) is 49.5 Å². The smallest absolute Gasteiger partial charge is 0.337 e. The molecule has 2 fully saturated rings. The molecule has 27 heavy (non-hydrogen) atoms. The molecule has 0 spiro atoms. The number of nitrogens with one attached hydrogen (secondary N) is 1. The van der Waals surface area contributed by atoms with Crippen LogP contribution in [0, 0.1) is 17.8 Å². The van der Waals surface area contributed by atoms with Gasteiger partial charge in [-0.2, -0.15) is 0 Å². The first kappa shape index (κ1) is 16.9. The van der Waals surface area contributed by atoms with E-state index in [0.29, 0.717) is 29.2 Å². The van der Waals surface area contributed by atoms with Crippen molar-refractivity contribution >= 4 is 11.7 Å². The maximum Gasteiger partial charge on any atom is 0.337 e. The van der Waals surface area contributed by atoms with Gasteiger partial charge in [-0.25, -0.2) is 4.79 Å². The lowest BCUT2D eigenvalue weighted by molar-refractivity contribution is 0.0697. The molecule has 0 amide bonds. The Morgan fingerprint density at radius 2 is 1.81 bits per heavy atom. The Hall–Kier alpha value is -2.29. The molecule has 5 rings (SSSR count). The summed E-state index contributed by atoms with van der Waals surface area (Å²) in [6, 6.07) is 15.0. The van der Waals surface area contributed by atoms with Crippen molar-refractivity contribution in [2.75, 3.05) is 5.32 Å². The number of para-hydroxylation sites is 1. The lowest BCUT2D eigenvalue weighted by Gasteiger charge is -2.44. The Morgan fingerprint density at radius 3 is 2.52 bits per heavy atom. The highest BCUT2D eigenvalue weighted by Gasteiger charge is 2.54. The largest absolute Gasteiger partial charge is 0.478 e. The van der Waals surface area contributed by atoms with Crippen LogP contribution in [0.15, 0.2) is 42.5 Å².